The lowest BCUT2D eigenvalue weighted by Crippen LogP contribution is -2.34. The first-order valence-electron chi connectivity index (χ1n) is 7.79. The first-order valence-corrected chi connectivity index (χ1v) is 9.98. The maximum atomic E-state index is 3.62. The summed E-state index contributed by atoms with van der Waals surface area (Å²) >= 11 is 5.54. The van der Waals surface area contributed by atoms with Crippen molar-refractivity contribution in [3.05, 3.63) is 28.2 Å². The molecule has 0 heterocycles. The van der Waals surface area contributed by atoms with Gasteiger partial charge in [0.1, 0.15) is 0 Å². The van der Waals surface area contributed by atoms with Gasteiger partial charge in [-0.05, 0) is 56.3 Å². The van der Waals surface area contributed by atoms with E-state index < -0.39 is 0 Å². The maximum Gasteiger partial charge on any atom is 0.0415 e. The van der Waals surface area contributed by atoms with E-state index in [1.54, 1.807) is 0 Å². The summed E-state index contributed by atoms with van der Waals surface area (Å²) in [5.41, 5.74) is 2.72. The van der Waals surface area contributed by atoms with Crippen molar-refractivity contribution in [2.24, 2.45) is 0 Å². The van der Waals surface area contributed by atoms with Gasteiger partial charge in [-0.1, -0.05) is 29.8 Å². The van der Waals surface area contributed by atoms with Crippen LogP contribution in [0.3, 0.4) is 0 Å². The SMILES string of the molecule is CCCNC(C)c1cc(Br)ccc1N(C)C(CC)CSC. The van der Waals surface area contributed by atoms with Crippen LogP contribution in [-0.4, -0.2) is 31.6 Å². The van der Waals surface area contributed by atoms with E-state index in [0.717, 1.165) is 17.4 Å². The number of benzene rings is 1. The Morgan fingerprint density at radius 1 is 1.33 bits per heavy atom. The molecule has 1 aromatic rings. The molecule has 1 rings (SSSR count). The smallest absolute Gasteiger partial charge is 0.0415 e. The predicted molar refractivity (Wildman–Crippen MR) is 102 cm³/mol. The third-order valence-electron chi connectivity index (χ3n) is 3.91. The molecule has 0 fully saturated rings. The summed E-state index contributed by atoms with van der Waals surface area (Å²) < 4.78 is 1.15. The zero-order valence-corrected chi connectivity index (χ0v) is 16.4. The van der Waals surface area contributed by atoms with Crippen LogP contribution in [0, 0.1) is 0 Å². The van der Waals surface area contributed by atoms with Crippen molar-refractivity contribution in [1.82, 2.24) is 5.32 Å². The van der Waals surface area contributed by atoms with Crippen molar-refractivity contribution in [1.29, 1.82) is 0 Å². The topological polar surface area (TPSA) is 15.3 Å². The first-order chi connectivity index (χ1) is 10.0. The molecule has 2 atom stereocenters. The fourth-order valence-electron chi connectivity index (χ4n) is 2.56. The number of hydrogen-bond acceptors (Lipinski definition) is 3. The lowest BCUT2D eigenvalue weighted by Gasteiger charge is -2.32. The third-order valence-corrected chi connectivity index (χ3v) is 5.13. The summed E-state index contributed by atoms with van der Waals surface area (Å²) in [5, 5.41) is 3.61. The second-order valence-electron chi connectivity index (χ2n) is 5.51. The van der Waals surface area contributed by atoms with Gasteiger partial charge in [0.05, 0.1) is 0 Å². The van der Waals surface area contributed by atoms with Crippen molar-refractivity contribution < 1.29 is 0 Å². The van der Waals surface area contributed by atoms with Gasteiger partial charge in [0.15, 0.2) is 0 Å². The molecular formula is C17H29BrN2S. The van der Waals surface area contributed by atoms with Gasteiger partial charge < -0.3 is 10.2 Å². The van der Waals surface area contributed by atoms with Crippen LogP contribution < -0.4 is 10.2 Å². The molecule has 0 aliphatic heterocycles. The highest BCUT2D eigenvalue weighted by atomic mass is 79.9. The Kier molecular flexibility index (Phi) is 8.76. The number of nitrogens with one attached hydrogen (secondary N) is 1. The van der Waals surface area contributed by atoms with Crippen molar-refractivity contribution >= 4 is 33.4 Å². The van der Waals surface area contributed by atoms with Gasteiger partial charge in [-0.15, -0.1) is 0 Å². The van der Waals surface area contributed by atoms with Crippen molar-refractivity contribution in [2.45, 2.75) is 45.7 Å². The highest BCUT2D eigenvalue weighted by molar-refractivity contribution is 9.10. The van der Waals surface area contributed by atoms with Crippen LogP contribution in [0.5, 0.6) is 0 Å². The van der Waals surface area contributed by atoms with Gasteiger partial charge in [-0.25, -0.2) is 0 Å². The number of thioether (sulfide) groups is 1. The third kappa shape index (κ3) is 5.50. The van der Waals surface area contributed by atoms with E-state index in [-0.39, 0.29) is 0 Å². The van der Waals surface area contributed by atoms with Gasteiger partial charge in [0, 0.05) is 35.0 Å². The van der Waals surface area contributed by atoms with E-state index in [1.807, 2.05) is 11.8 Å². The van der Waals surface area contributed by atoms with Crippen LogP contribution in [-0.2, 0) is 0 Å². The molecular weight excluding hydrogens is 344 g/mol. The second kappa shape index (κ2) is 9.75. The first kappa shape index (κ1) is 18.9. The lowest BCUT2D eigenvalue weighted by atomic mass is 10.0. The van der Waals surface area contributed by atoms with Crippen LogP contribution in [0.4, 0.5) is 5.69 Å². The molecule has 0 amide bonds. The minimum atomic E-state index is 0.367. The maximum absolute atomic E-state index is 3.62. The van der Waals surface area contributed by atoms with Crippen molar-refractivity contribution in [2.75, 3.05) is 30.5 Å². The highest BCUT2D eigenvalue weighted by Gasteiger charge is 2.18. The Labute approximate surface area is 143 Å². The molecule has 0 radical (unpaired) electrons. The summed E-state index contributed by atoms with van der Waals surface area (Å²) in [6.07, 6.45) is 4.52. The predicted octanol–water partition coefficient (Wildman–Crippen LogP) is 5.09. The van der Waals surface area contributed by atoms with Gasteiger partial charge >= 0.3 is 0 Å². The molecule has 1 aromatic carbocycles. The van der Waals surface area contributed by atoms with Crippen molar-refractivity contribution in [3.63, 3.8) is 0 Å². The fraction of sp³-hybridized carbons (Fsp3) is 0.647. The zero-order chi connectivity index (χ0) is 15.8. The zero-order valence-electron chi connectivity index (χ0n) is 13.9. The van der Waals surface area contributed by atoms with E-state index in [4.69, 9.17) is 0 Å². The standard InChI is InChI=1S/C17H29BrN2S/c1-6-10-19-13(3)16-11-14(18)8-9-17(16)20(4)15(7-2)12-21-5/h8-9,11,13,15,19H,6-7,10,12H2,1-5H3. The fourth-order valence-corrected chi connectivity index (χ4v) is 3.78. The normalized spacial score (nSPS) is 14.0. The molecule has 4 heteroatoms. The van der Waals surface area contributed by atoms with E-state index in [1.165, 1.54) is 23.4 Å². The van der Waals surface area contributed by atoms with E-state index in [9.17, 15) is 0 Å². The Balaban J connectivity index is 3.04. The minimum Gasteiger partial charge on any atom is -0.371 e. The Bertz CT molecular complexity index is 425. The molecule has 0 bridgehead atoms. The van der Waals surface area contributed by atoms with Gasteiger partial charge in [0.2, 0.25) is 0 Å². The van der Waals surface area contributed by atoms with Crippen LogP contribution in [0.2, 0.25) is 0 Å². The summed E-state index contributed by atoms with van der Waals surface area (Å²) in [7, 11) is 2.23. The molecule has 0 saturated carbocycles. The number of halogens is 1. The number of nitrogens with zero attached hydrogens (tertiary/aromatic N) is 1. The van der Waals surface area contributed by atoms with Crippen molar-refractivity contribution in [3.8, 4) is 0 Å². The summed E-state index contributed by atoms with van der Waals surface area (Å²) in [6.45, 7) is 7.79. The highest BCUT2D eigenvalue weighted by Crippen LogP contribution is 2.31. The second-order valence-corrected chi connectivity index (χ2v) is 7.33. The van der Waals surface area contributed by atoms with Crippen LogP contribution in [0.15, 0.2) is 22.7 Å². The molecule has 0 aliphatic carbocycles. The molecule has 2 unspecified atom stereocenters. The molecule has 1 N–H and O–H groups in total. The molecule has 0 aliphatic rings. The van der Waals surface area contributed by atoms with Crippen LogP contribution in [0.1, 0.15) is 45.2 Å². The molecule has 2 nitrogen and oxygen atoms in total. The average Bonchev–Trinajstić information content (AvgIpc) is 2.49. The Morgan fingerprint density at radius 3 is 2.62 bits per heavy atom. The van der Waals surface area contributed by atoms with E-state index in [0.29, 0.717) is 12.1 Å². The van der Waals surface area contributed by atoms with Gasteiger partial charge in [0.25, 0.3) is 0 Å². The lowest BCUT2D eigenvalue weighted by molar-refractivity contribution is 0.566. The summed E-state index contributed by atoms with van der Waals surface area (Å²) in [6, 6.07) is 7.59. The Morgan fingerprint density at radius 2 is 2.05 bits per heavy atom. The molecule has 0 saturated heterocycles. The molecule has 0 aromatic heterocycles. The van der Waals surface area contributed by atoms with Crippen LogP contribution >= 0.6 is 27.7 Å². The van der Waals surface area contributed by atoms with E-state index >= 15 is 0 Å². The number of rotatable bonds is 9. The molecule has 21 heavy (non-hydrogen) atoms. The average molecular weight is 373 g/mol. The van der Waals surface area contributed by atoms with E-state index in [2.05, 4.69) is 78.4 Å². The Hall–Kier alpha value is -0.190. The monoisotopic (exact) mass is 372 g/mol. The largest absolute Gasteiger partial charge is 0.371 e. The quantitative estimate of drug-likeness (QED) is 0.649. The van der Waals surface area contributed by atoms with Gasteiger partial charge in [-0.3, -0.25) is 0 Å². The van der Waals surface area contributed by atoms with Gasteiger partial charge in [-0.2, -0.15) is 11.8 Å². The van der Waals surface area contributed by atoms with Crippen LogP contribution in [0.25, 0.3) is 0 Å². The molecule has 0 spiro atoms. The summed E-state index contributed by atoms with van der Waals surface area (Å²) in [5.74, 6) is 1.17. The summed E-state index contributed by atoms with van der Waals surface area (Å²) in [4.78, 5) is 2.45. The number of anilines is 1. The minimum absolute atomic E-state index is 0.367. The number of hydrogen-bond donors (Lipinski definition) is 1. The molecule has 120 valence electrons.